The number of carbonyl (C=O) groups excluding carboxylic acids is 1. The van der Waals surface area contributed by atoms with Crippen molar-refractivity contribution in [3.05, 3.63) is 60.7 Å². The first-order valence-electron chi connectivity index (χ1n) is 11.4. The second-order valence-electron chi connectivity index (χ2n) is 8.18. The number of rotatable bonds is 5. The van der Waals surface area contributed by atoms with Crippen molar-refractivity contribution < 1.29 is 29.3 Å². The minimum atomic E-state index is -1.82. The van der Waals surface area contributed by atoms with Gasteiger partial charge in [-0.25, -0.2) is 9.59 Å². The van der Waals surface area contributed by atoms with Gasteiger partial charge in [-0.1, -0.05) is 36.4 Å². The van der Waals surface area contributed by atoms with Crippen LogP contribution >= 0.6 is 0 Å². The Kier molecular flexibility index (Phi) is 9.28. The van der Waals surface area contributed by atoms with Gasteiger partial charge in [0.05, 0.1) is 0 Å². The highest BCUT2D eigenvalue weighted by atomic mass is 16.5. The molecule has 0 spiro atoms. The van der Waals surface area contributed by atoms with Gasteiger partial charge in [-0.2, -0.15) is 0 Å². The molecule has 2 heterocycles. The van der Waals surface area contributed by atoms with Crippen molar-refractivity contribution in [3.63, 3.8) is 0 Å². The van der Waals surface area contributed by atoms with Crippen molar-refractivity contribution in [1.82, 2.24) is 9.80 Å². The number of carboxylic acid groups (broad SMARTS) is 2. The van der Waals surface area contributed by atoms with Gasteiger partial charge < -0.3 is 24.7 Å². The molecule has 0 aliphatic carbocycles. The third kappa shape index (κ3) is 7.48. The van der Waals surface area contributed by atoms with E-state index in [1.807, 2.05) is 35.2 Å². The average Bonchev–Trinajstić information content (AvgIpc) is 2.89. The fraction of sp³-hybridized carbons (Fsp3) is 0.400. The van der Waals surface area contributed by atoms with Crippen LogP contribution in [0.5, 0.6) is 5.75 Å². The van der Waals surface area contributed by atoms with E-state index in [1.165, 1.54) is 5.69 Å². The zero-order valence-corrected chi connectivity index (χ0v) is 19.1. The Morgan fingerprint density at radius 1 is 0.765 bits per heavy atom. The summed E-state index contributed by atoms with van der Waals surface area (Å²) >= 11 is 0. The summed E-state index contributed by atoms with van der Waals surface area (Å²) in [6.07, 6.45) is 2.12. The minimum Gasteiger partial charge on any atom is -0.484 e. The number of piperazine rings is 1. The Morgan fingerprint density at radius 2 is 1.29 bits per heavy atom. The van der Waals surface area contributed by atoms with Gasteiger partial charge in [0.1, 0.15) is 5.75 Å². The lowest BCUT2D eigenvalue weighted by Crippen LogP contribution is -2.54. The van der Waals surface area contributed by atoms with Gasteiger partial charge in [-0.3, -0.25) is 9.69 Å². The topological polar surface area (TPSA) is 111 Å². The van der Waals surface area contributed by atoms with E-state index in [4.69, 9.17) is 24.5 Å². The molecular formula is C25H31N3O6. The lowest BCUT2D eigenvalue weighted by atomic mass is 10.0. The number of hydrogen-bond donors (Lipinski definition) is 2. The summed E-state index contributed by atoms with van der Waals surface area (Å²) in [5, 5.41) is 14.8. The predicted octanol–water partition coefficient (Wildman–Crippen LogP) is 2.03. The molecule has 0 radical (unpaired) electrons. The van der Waals surface area contributed by atoms with Crippen LogP contribution in [0.25, 0.3) is 0 Å². The maximum atomic E-state index is 12.4. The van der Waals surface area contributed by atoms with Crippen LogP contribution < -0.4 is 9.64 Å². The molecule has 0 atom stereocenters. The Balaban J connectivity index is 0.000000481. The minimum absolute atomic E-state index is 0.0937. The fourth-order valence-electron chi connectivity index (χ4n) is 4.22. The molecule has 1 amide bonds. The first-order chi connectivity index (χ1) is 16.4. The molecule has 2 aliphatic heterocycles. The molecule has 2 saturated heterocycles. The van der Waals surface area contributed by atoms with Crippen molar-refractivity contribution in [3.8, 4) is 5.75 Å². The molecule has 2 fully saturated rings. The number of carbonyl (C=O) groups is 3. The number of ether oxygens (including phenoxy) is 1. The molecule has 34 heavy (non-hydrogen) atoms. The van der Waals surface area contributed by atoms with Gasteiger partial charge in [0.15, 0.2) is 6.61 Å². The van der Waals surface area contributed by atoms with Crippen LogP contribution in [0.15, 0.2) is 60.7 Å². The molecule has 9 nitrogen and oxygen atoms in total. The monoisotopic (exact) mass is 469 g/mol. The zero-order valence-electron chi connectivity index (χ0n) is 19.1. The van der Waals surface area contributed by atoms with Gasteiger partial charge in [0, 0.05) is 51.0 Å². The number of carboxylic acids is 2. The first-order valence-corrected chi connectivity index (χ1v) is 11.4. The molecule has 0 unspecified atom stereocenters. The second-order valence-corrected chi connectivity index (χ2v) is 8.18. The first kappa shape index (κ1) is 25.0. The normalized spacial score (nSPS) is 16.8. The van der Waals surface area contributed by atoms with E-state index in [0.717, 1.165) is 57.9 Å². The Hall–Kier alpha value is -3.59. The number of likely N-dealkylation sites (tertiary alicyclic amines) is 1. The molecule has 2 aliphatic rings. The fourth-order valence-corrected chi connectivity index (χ4v) is 4.22. The zero-order chi connectivity index (χ0) is 24.3. The summed E-state index contributed by atoms with van der Waals surface area (Å²) < 4.78 is 5.61. The number of anilines is 1. The molecule has 9 heteroatoms. The van der Waals surface area contributed by atoms with E-state index >= 15 is 0 Å². The lowest BCUT2D eigenvalue weighted by molar-refractivity contribution is -0.159. The molecule has 0 aromatic heterocycles. The summed E-state index contributed by atoms with van der Waals surface area (Å²) in [6, 6.07) is 20.8. The molecule has 2 aromatic carbocycles. The number of piperidine rings is 1. The highest BCUT2D eigenvalue weighted by Gasteiger charge is 2.29. The third-order valence-electron chi connectivity index (χ3n) is 6.06. The van der Waals surface area contributed by atoms with Gasteiger partial charge in [-0.05, 0) is 37.1 Å². The maximum Gasteiger partial charge on any atom is 0.414 e. The standard InChI is InChI=1S/C23H29N3O2.C2H2O4/c27-23(19-28-22-9-5-2-6-10-22)26-13-11-21(12-14-26)25-17-15-24(16-18-25)20-7-3-1-4-8-20;3-1(4)2(5)6/h1-10,21H,11-19H2;(H,3,4)(H,5,6). The molecule has 2 aromatic rings. The number of amides is 1. The van der Waals surface area contributed by atoms with Gasteiger partial charge in [-0.15, -0.1) is 0 Å². The molecule has 182 valence electrons. The number of nitrogens with zero attached hydrogens (tertiary/aromatic N) is 3. The van der Waals surface area contributed by atoms with Crippen LogP contribution in [0.1, 0.15) is 12.8 Å². The highest BCUT2D eigenvalue weighted by molar-refractivity contribution is 6.27. The van der Waals surface area contributed by atoms with Gasteiger partial charge >= 0.3 is 11.9 Å². The summed E-state index contributed by atoms with van der Waals surface area (Å²) in [5.41, 5.74) is 1.32. The third-order valence-corrected chi connectivity index (χ3v) is 6.06. The second kappa shape index (κ2) is 12.6. The molecule has 2 N–H and O–H groups in total. The Bertz CT molecular complexity index is 912. The van der Waals surface area contributed by atoms with E-state index in [9.17, 15) is 4.79 Å². The highest BCUT2D eigenvalue weighted by Crippen LogP contribution is 2.21. The van der Waals surface area contributed by atoms with Crippen LogP contribution in [0.3, 0.4) is 0 Å². The Morgan fingerprint density at radius 3 is 1.82 bits per heavy atom. The van der Waals surface area contributed by atoms with E-state index in [0.29, 0.717) is 6.04 Å². The molecule has 0 saturated carbocycles. The smallest absolute Gasteiger partial charge is 0.414 e. The number of para-hydroxylation sites is 2. The van der Waals surface area contributed by atoms with Crippen molar-refractivity contribution in [1.29, 1.82) is 0 Å². The summed E-state index contributed by atoms with van der Waals surface area (Å²) in [6.45, 7) is 6.16. The number of aliphatic carboxylic acids is 2. The van der Waals surface area contributed by atoms with Crippen molar-refractivity contribution in [2.45, 2.75) is 18.9 Å². The molecular weight excluding hydrogens is 438 g/mol. The van der Waals surface area contributed by atoms with Crippen LogP contribution in [0, 0.1) is 0 Å². The SMILES string of the molecule is O=C(COc1ccccc1)N1CCC(N2CCN(c3ccccc3)CC2)CC1.O=C(O)C(=O)O. The van der Waals surface area contributed by atoms with Crippen molar-refractivity contribution >= 4 is 23.5 Å². The summed E-state index contributed by atoms with van der Waals surface area (Å²) in [4.78, 5) is 37.7. The molecule has 0 bridgehead atoms. The number of benzene rings is 2. The molecule has 4 rings (SSSR count). The van der Waals surface area contributed by atoms with Gasteiger partial charge in [0.25, 0.3) is 5.91 Å². The summed E-state index contributed by atoms with van der Waals surface area (Å²) in [7, 11) is 0. The van der Waals surface area contributed by atoms with Crippen LogP contribution in [-0.4, -0.2) is 89.8 Å². The Labute approximate surface area is 199 Å². The predicted molar refractivity (Wildman–Crippen MR) is 127 cm³/mol. The van der Waals surface area contributed by atoms with Crippen LogP contribution in [0.4, 0.5) is 5.69 Å². The van der Waals surface area contributed by atoms with Crippen LogP contribution in [-0.2, 0) is 14.4 Å². The average molecular weight is 470 g/mol. The van der Waals surface area contributed by atoms with Crippen molar-refractivity contribution in [2.24, 2.45) is 0 Å². The number of hydrogen-bond acceptors (Lipinski definition) is 6. The van der Waals surface area contributed by atoms with E-state index < -0.39 is 11.9 Å². The van der Waals surface area contributed by atoms with E-state index in [-0.39, 0.29) is 12.5 Å². The largest absolute Gasteiger partial charge is 0.484 e. The quantitative estimate of drug-likeness (QED) is 0.640. The lowest BCUT2D eigenvalue weighted by Gasteiger charge is -2.43. The van der Waals surface area contributed by atoms with Gasteiger partial charge in [0.2, 0.25) is 0 Å². The maximum absolute atomic E-state index is 12.4. The van der Waals surface area contributed by atoms with E-state index in [2.05, 4.69) is 40.1 Å². The van der Waals surface area contributed by atoms with E-state index in [1.54, 1.807) is 0 Å². The van der Waals surface area contributed by atoms with Crippen molar-refractivity contribution in [2.75, 3.05) is 50.8 Å². The van der Waals surface area contributed by atoms with Crippen LogP contribution in [0.2, 0.25) is 0 Å². The summed E-state index contributed by atoms with van der Waals surface area (Å²) in [5.74, 6) is -2.80.